The first-order valence-corrected chi connectivity index (χ1v) is 8.97. The zero-order valence-corrected chi connectivity index (χ0v) is 15.4. The van der Waals surface area contributed by atoms with Gasteiger partial charge in [0.05, 0.1) is 19.9 Å². The molecule has 0 aliphatic carbocycles. The van der Waals surface area contributed by atoms with Gasteiger partial charge in [0, 0.05) is 38.3 Å². The van der Waals surface area contributed by atoms with Gasteiger partial charge in [0.15, 0.2) is 5.82 Å². The minimum atomic E-state index is 0.148. The predicted octanol–water partition coefficient (Wildman–Crippen LogP) is 0.453. The fraction of sp³-hybridized carbons (Fsp3) is 0.389. The van der Waals surface area contributed by atoms with Crippen molar-refractivity contribution in [1.29, 1.82) is 0 Å². The van der Waals surface area contributed by atoms with Crippen molar-refractivity contribution in [2.45, 2.75) is 13.1 Å². The van der Waals surface area contributed by atoms with Crippen LogP contribution in [0.2, 0.25) is 0 Å². The van der Waals surface area contributed by atoms with E-state index in [2.05, 4.69) is 43.5 Å². The van der Waals surface area contributed by atoms with E-state index in [1.165, 1.54) is 5.56 Å². The number of aromatic nitrogens is 4. The summed E-state index contributed by atoms with van der Waals surface area (Å²) >= 11 is 0. The van der Waals surface area contributed by atoms with E-state index in [1.807, 2.05) is 0 Å². The summed E-state index contributed by atoms with van der Waals surface area (Å²) < 4.78 is 7.41. The zero-order chi connectivity index (χ0) is 18.8. The third kappa shape index (κ3) is 3.64. The van der Waals surface area contributed by atoms with Gasteiger partial charge in [-0.25, -0.2) is 4.98 Å². The number of nitrogens with two attached hydrogens (primary N) is 2. The number of rotatable bonds is 5. The Morgan fingerprint density at radius 2 is 1.96 bits per heavy atom. The molecule has 0 atom stereocenters. The molecule has 1 fully saturated rings. The van der Waals surface area contributed by atoms with Crippen LogP contribution in [0, 0.1) is 0 Å². The Hall–Kier alpha value is -2.91. The highest BCUT2D eigenvalue weighted by Crippen LogP contribution is 2.25. The second-order valence-electron chi connectivity index (χ2n) is 6.68. The molecular formula is C18H24N8O. The normalized spacial score (nSPS) is 15.3. The van der Waals surface area contributed by atoms with Crippen LogP contribution in [0.25, 0.3) is 11.0 Å². The van der Waals surface area contributed by atoms with Gasteiger partial charge in [-0.05, 0) is 11.6 Å². The van der Waals surface area contributed by atoms with Crippen LogP contribution in [0.5, 0.6) is 5.75 Å². The fourth-order valence-electron chi connectivity index (χ4n) is 3.47. The lowest BCUT2D eigenvalue weighted by Crippen LogP contribution is -2.42. The van der Waals surface area contributed by atoms with Crippen LogP contribution in [0.15, 0.2) is 24.4 Å². The van der Waals surface area contributed by atoms with Crippen LogP contribution in [-0.4, -0.2) is 57.9 Å². The molecule has 0 bridgehead atoms. The standard InChI is InChI=1S/C18H24N8O/c1-27-15-8-12(10-25-6-4-21-5-7-25)2-3-13(15)11-26-16-14(9-22-26)23-18(20)24-17(16)19/h2-3,8-9,21H,4-7,10-11H2,1H3,(H4,19,20,23,24). The highest BCUT2D eigenvalue weighted by atomic mass is 16.5. The maximum atomic E-state index is 6.02. The molecule has 3 heterocycles. The molecule has 4 rings (SSSR count). The molecule has 0 saturated carbocycles. The average molecular weight is 368 g/mol. The van der Waals surface area contributed by atoms with Crippen LogP contribution in [0.3, 0.4) is 0 Å². The fourth-order valence-corrected chi connectivity index (χ4v) is 3.47. The first-order valence-electron chi connectivity index (χ1n) is 8.97. The summed E-state index contributed by atoms with van der Waals surface area (Å²) in [6.45, 7) is 5.63. The monoisotopic (exact) mass is 368 g/mol. The molecule has 1 aliphatic heterocycles. The molecule has 9 heteroatoms. The van der Waals surface area contributed by atoms with E-state index >= 15 is 0 Å². The highest BCUT2D eigenvalue weighted by molar-refractivity contribution is 5.85. The summed E-state index contributed by atoms with van der Waals surface area (Å²) in [5.74, 6) is 1.31. The van der Waals surface area contributed by atoms with Gasteiger partial charge in [-0.15, -0.1) is 0 Å². The minimum absolute atomic E-state index is 0.148. The van der Waals surface area contributed by atoms with Gasteiger partial charge in [0.25, 0.3) is 0 Å². The number of nitrogens with zero attached hydrogens (tertiary/aromatic N) is 5. The van der Waals surface area contributed by atoms with Gasteiger partial charge in [-0.2, -0.15) is 10.1 Å². The Morgan fingerprint density at radius 1 is 1.15 bits per heavy atom. The molecule has 0 radical (unpaired) electrons. The molecule has 0 spiro atoms. The number of piperazine rings is 1. The van der Waals surface area contributed by atoms with Crippen molar-refractivity contribution in [2.24, 2.45) is 0 Å². The second kappa shape index (κ2) is 7.37. The zero-order valence-electron chi connectivity index (χ0n) is 15.4. The van der Waals surface area contributed by atoms with Gasteiger partial charge in [0.1, 0.15) is 16.8 Å². The number of benzene rings is 1. The number of anilines is 2. The molecule has 0 unspecified atom stereocenters. The van der Waals surface area contributed by atoms with E-state index in [4.69, 9.17) is 16.2 Å². The number of hydrogen-bond acceptors (Lipinski definition) is 8. The summed E-state index contributed by atoms with van der Waals surface area (Å²) in [6, 6.07) is 6.32. The molecule has 2 aromatic heterocycles. The van der Waals surface area contributed by atoms with Gasteiger partial charge >= 0.3 is 0 Å². The number of hydrogen-bond donors (Lipinski definition) is 3. The SMILES string of the molecule is COc1cc(CN2CCNCC2)ccc1Cn1ncc2nc(N)nc(N)c21. The van der Waals surface area contributed by atoms with Crippen molar-refractivity contribution in [3.05, 3.63) is 35.5 Å². The number of ether oxygens (including phenoxy) is 1. The Morgan fingerprint density at radius 3 is 2.74 bits per heavy atom. The van der Waals surface area contributed by atoms with Crippen molar-refractivity contribution >= 4 is 22.8 Å². The van der Waals surface area contributed by atoms with Crippen molar-refractivity contribution in [1.82, 2.24) is 30.0 Å². The largest absolute Gasteiger partial charge is 0.496 e. The van der Waals surface area contributed by atoms with E-state index < -0.39 is 0 Å². The van der Waals surface area contributed by atoms with Crippen LogP contribution in [0.1, 0.15) is 11.1 Å². The van der Waals surface area contributed by atoms with Gasteiger partial charge in [-0.1, -0.05) is 12.1 Å². The summed E-state index contributed by atoms with van der Waals surface area (Å²) in [5, 5.41) is 7.77. The summed E-state index contributed by atoms with van der Waals surface area (Å²) in [7, 11) is 1.69. The molecule has 5 N–H and O–H groups in total. The molecular weight excluding hydrogens is 344 g/mol. The number of fused-ring (bicyclic) bond motifs is 1. The van der Waals surface area contributed by atoms with E-state index in [0.717, 1.165) is 44.0 Å². The van der Waals surface area contributed by atoms with Crippen LogP contribution < -0.4 is 21.5 Å². The summed E-state index contributed by atoms with van der Waals surface area (Å²) in [4.78, 5) is 10.7. The Balaban J connectivity index is 1.58. The lowest BCUT2D eigenvalue weighted by molar-refractivity contribution is 0.233. The lowest BCUT2D eigenvalue weighted by atomic mass is 10.1. The Bertz CT molecular complexity index is 948. The maximum absolute atomic E-state index is 6.02. The van der Waals surface area contributed by atoms with Crippen LogP contribution in [-0.2, 0) is 13.1 Å². The predicted molar refractivity (Wildman–Crippen MR) is 104 cm³/mol. The summed E-state index contributed by atoms with van der Waals surface area (Å²) in [5.41, 5.74) is 15.2. The molecule has 27 heavy (non-hydrogen) atoms. The Kier molecular flexibility index (Phi) is 4.78. The second-order valence-corrected chi connectivity index (χ2v) is 6.68. The molecule has 1 aliphatic rings. The molecule has 0 amide bonds. The van der Waals surface area contributed by atoms with E-state index in [0.29, 0.717) is 23.4 Å². The molecule has 1 saturated heterocycles. The first-order chi connectivity index (χ1) is 13.1. The van der Waals surface area contributed by atoms with Crippen LogP contribution in [0.4, 0.5) is 11.8 Å². The molecule has 9 nitrogen and oxygen atoms in total. The number of nitrogens with one attached hydrogen (secondary N) is 1. The van der Waals surface area contributed by atoms with Crippen LogP contribution >= 0.6 is 0 Å². The van der Waals surface area contributed by atoms with E-state index in [9.17, 15) is 0 Å². The quantitative estimate of drug-likeness (QED) is 0.594. The highest BCUT2D eigenvalue weighted by Gasteiger charge is 2.14. The topological polar surface area (TPSA) is 120 Å². The molecule has 1 aromatic carbocycles. The number of methoxy groups -OCH3 is 1. The molecule has 142 valence electrons. The van der Waals surface area contributed by atoms with E-state index in [1.54, 1.807) is 18.0 Å². The third-order valence-corrected chi connectivity index (χ3v) is 4.82. The van der Waals surface area contributed by atoms with Crippen molar-refractivity contribution in [3.8, 4) is 5.75 Å². The first kappa shape index (κ1) is 17.5. The maximum Gasteiger partial charge on any atom is 0.222 e. The number of nitrogen functional groups attached to an aromatic ring is 2. The van der Waals surface area contributed by atoms with E-state index in [-0.39, 0.29) is 5.95 Å². The Labute approximate surface area is 157 Å². The lowest BCUT2D eigenvalue weighted by Gasteiger charge is -2.27. The van der Waals surface area contributed by atoms with Crippen molar-refractivity contribution < 1.29 is 4.74 Å². The van der Waals surface area contributed by atoms with Gasteiger partial charge in [0.2, 0.25) is 5.95 Å². The minimum Gasteiger partial charge on any atom is -0.496 e. The van der Waals surface area contributed by atoms with Crippen molar-refractivity contribution in [3.63, 3.8) is 0 Å². The summed E-state index contributed by atoms with van der Waals surface area (Å²) in [6.07, 6.45) is 1.65. The van der Waals surface area contributed by atoms with Gasteiger partial charge < -0.3 is 21.5 Å². The average Bonchev–Trinajstić information content (AvgIpc) is 3.06. The van der Waals surface area contributed by atoms with Gasteiger partial charge in [-0.3, -0.25) is 9.58 Å². The molecule has 3 aromatic rings. The van der Waals surface area contributed by atoms with Crippen molar-refractivity contribution in [2.75, 3.05) is 44.8 Å². The third-order valence-electron chi connectivity index (χ3n) is 4.82. The smallest absolute Gasteiger partial charge is 0.222 e.